The minimum absolute atomic E-state index is 0.825. The Morgan fingerprint density at radius 3 is 2.47 bits per heavy atom. The van der Waals surface area contributed by atoms with E-state index in [0.717, 1.165) is 10.8 Å². The zero-order valence-electron chi connectivity index (χ0n) is 9.05. The molecule has 1 radical (unpaired) electrons. The van der Waals surface area contributed by atoms with Gasteiger partial charge in [-0.15, -0.1) is 0 Å². The van der Waals surface area contributed by atoms with E-state index >= 15 is 0 Å². The van der Waals surface area contributed by atoms with Crippen LogP contribution >= 0.6 is 11.6 Å². The lowest BCUT2D eigenvalue weighted by Gasteiger charge is -2.22. The molecule has 0 bridgehead atoms. The van der Waals surface area contributed by atoms with Gasteiger partial charge in [-0.3, -0.25) is 0 Å². The van der Waals surface area contributed by atoms with Crippen LogP contribution in [0.25, 0.3) is 0 Å². The summed E-state index contributed by atoms with van der Waals surface area (Å²) in [4.78, 5) is 0. The van der Waals surface area contributed by atoms with Crippen molar-refractivity contribution in [2.45, 2.75) is 32.1 Å². The fraction of sp³-hybridized carbons (Fsp3) is 0.462. The molecule has 1 aromatic rings. The normalized spacial score (nSPS) is 17.7. The number of benzene rings is 1. The lowest BCUT2D eigenvalue weighted by molar-refractivity contribution is 0.414. The van der Waals surface area contributed by atoms with Gasteiger partial charge in [-0.1, -0.05) is 36.9 Å². The Hall–Kier alpha value is -0.690. The third-order valence-electron chi connectivity index (χ3n) is 3.01. The van der Waals surface area contributed by atoms with Crippen molar-refractivity contribution in [2.24, 2.45) is 0 Å². The van der Waals surface area contributed by atoms with Crippen LogP contribution in [-0.4, -0.2) is 7.11 Å². The molecule has 2 heteroatoms. The average molecular weight is 224 g/mol. The Bertz CT molecular complexity index is 329. The van der Waals surface area contributed by atoms with Crippen LogP contribution in [0.2, 0.25) is 5.02 Å². The van der Waals surface area contributed by atoms with Crippen LogP contribution in [0.5, 0.6) is 5.75 Å². The molecule has 15 heavy (non-hydrogen) atoms. The molecule has 0 spiro atoms. The van der Waals surface area contributed by atoms with E-state index in [2.05, 4.69) is 6.07 Å². The van der Waals surface area contributed by atoms with E-state index in [1.54, 1.807) is 7.11 Å². The molecule has 1 saturated carbocycles. The average Bonchev–Trinajstić information content (AvgIpc) is 2.30. The maximum Gasteiger partial charge on any atom is 0.120 e. The van der Waals surface area contributed by atoms with Crippen LogP contribution in [-0.2, 0) is 0 Å². The molecule has 0 aromatic heterocycles. The molecule has 1 aromatic carbocycles. The van der Waals surface area contributed by atoms with E-state index < -0.39 is 0 Å². The van der Waals surface area contributed by atoms with Crippen molar-refractivity contribution in [3.63, 3.8) is 0 Å². The number of ether oxygens (including phenoxy) is 1. The van der Waals surface area contributed by atoms with Gasteiger partial charge in [0.1, 0.15) is 5.75 Å². The summed E-state index contributed by atoms with van der Waals surface area (Å²) >= 11 is 6.24. The van der Waals surface area contributed by atoms with Gasteiger partial charge < -0.3 is 4.74 Å². The van der Waals surface area contributed by atoms with E-state index in [4.69, 9.17) is 16.3 Å². The summed E-state index contributed by atoms with van der Waals surface area (Å²) in [5.41, 5.74) is 1.22. The van der Waals surface area contributed by atoms with Crippen molar-refractivity contribution in [1.29, 1.82) is 0 Å². The number of methoxy groups -OCH3 is 1. The minimum Gasteiger partial charge on any atom is -0.497 e. The molecule has 1 aliphatic rings. The summed E-state index contributed by atoms with van der Waals surface area (Å²) in [5, 5.41) is 0.825. The van der Waals surface area contributed by atoms with Crippen LogP contribution in [0.3, 0.4) is 0 Å². The summed E-state index contributed by atoms with van der Waals surface area (Å²) in [5.74, 6) is 2.34. The first-order valence-electron chi connectivity index (χ1n) is 5.50. The predicted molar refractivity (Wildman–Crippen MR) is 63.4 cm³/mol. The van der Waals surface area contributed by atoms with Gasteiger partial charge in [-0.05, 0) is 30.5 Å². The number of hydrogen-bond donors (Lipinski definition) is 0. The van der Waals surface area contributed by atoms with Gasteiger partial charge in [0, 0.05) is 10.9 Å². The Balaban J connectivity index is 2.19. The van der Waals surface area contributed by atoms with Gasteiger partial charge in [0.15, 0.2) is 0 Å². The molecule has 1 nitrogen and oxygen atoms in total. The number of hydrogen-bond acceptors (Lipinski definition) is 1. The van der Waals surface area contributed by atoms with Crippen molar-refractivity contribution >= 4 is 11.6 Å². The highest BCUT2D eigenvalue weighted by Gasteiger charge is 2.18. The fourth-order valence-corrected chi connectivity index (χ4v) is 2.46. The molecule has 1 aliphatic carbocycles. The molecular formula is C13H16ClO. The van der Waals surface area contributed by atoms with Gasteiger partial charge in [-0.25, -0.2) is 0 Å². The molecule has 0 atom stereocenters. The lowest BCUT2D eigenvalue weighted by atomic mass is 9.84. The molecule has 0 heterocycles. The molecule has 81 valence electrons. The molecule has 0 aliphatic heterocycles. The predicted octanol–water partition coefficient (Wildman–Crippen LogP) is 4.24. The zero-order chi connectivity index (χ0) is 10.7. The van der Waals surface area contributed by atoms with E-state index in [9.17, 15) is 0 Å². The summed E-state index contributed by atoms with van der Waals surface area (Å²) in [7, 11) is 1.67. The second-order valence-electron chi connectivity index (χ2n) is 4.01. The van der Waals surface area contributed by atoms with Gasteiger partial charge in [0.25, 0.3) is 0 Å². The third kappa shape index (κ3) is 2.46. The van der Waals surface area contributed by atoms with Crippen molar-refractivity contribution in [2.75, 3.05) is 7.11 Å². The molecular weight excluding hydrogens is 208 g/mol. The summed E-state index contributed by atoms with van der Waals surface area (Å²) < 4.78 is 5.14. The topological polar surface area (TPSA) is 9.23 Å². The minimum atomic E-state index is 0.825. The van der Waals surface area contributed by atoms with Gasteiger partial charge in [0.2, 0.25) is 0 Å². The van der Waals surface area contributed by atoms with Gasteiger partial charge in [-0.2, -0.15) is 0 Å². The van der Waals surface area contributed by atoms with Crippen LogP contribution in [0.4, 0.5) is 0 Å². The Morgan fingerprint density at radius 1 is 1.13 bits per heavy atom. The Labute approximate surface area is 96.4 Å². The summed E-state index contributed by atoms with van der Waals surface area (Å²) in [6, 6.07) is 5.98. The van der Waals surface area contributed by atoms with Crippen molar-refractivity contribution in [3.05, 3.63) is 34.7 Å². The smallest absolute Gasteiger partial charge is 0.120 e. The fourth-order valence-electron chi connectivity index (χ4n) is 2.16. The largest absolute Gasteiger partial charge is 0.497 e. The summed E-state index contributed by atoms with van der Waals surface area (Å²) in [6.07, 6.45) is 6.37. The van der Waals surface area contributed by atoms with Gasteiger partial charge in [0.05, 0.1) is 7.11 Å². The van der Waals surface area contributed by atoms with Gasteiger partial charge >= 0.3 is 0 Å². The maximum atomic E-state index is 6.24. The highest BCUT2D eigenvalue weighted by Crippen LogP contribution is 2.36. The number of halogens is 1. The second kappa shape index (κ2) is 4.89. The maximum absolute atomic E-state index is 6.24. The molecule has 2 rings (SSSR count). The van der Waals surface area contributed by atoms with Crippen LogP contribution < -0.4 is 4.74 Å². The standard InChI is InChI=1S/C13H16ClO/c1-15-11-7-8-12(13(14)9-11)10-5-3-2-4-6-10/h7-9H,2-6H2,1H3. The molecule has 0 N–H and O–H groups in total. The van der Waals surface area contributed by atoms with Crippen molar-refractivity contribution in [3.8, 4) is 5.75 Å². The van der Waals surface area contributed by atoms with Crippen molar-refractivity contribution in [1.82, 2.24) is 0 Å². The zero-order valence-corrected chi connectivity index (χ0v) is 9.81. The number of rotatable bonds is 2. The summed E-state index contributed by atoms with van der Waals surface area (Å²) in [6.45, 7) is 0. The van der Waals surface area contributed by atoms with E-state index in [1.165, 1.54) is 43.6 Å². The van der Waals surface area contributed by atoms with Crippen LogP contribution in [0.1, 0.15) is 37.7 Å². The molecule has 1 fully saturated rings. The first-order chi connectivity index (χ1) is 7.31. The van der Waals surface area contributed by atoms with E-state index in [0.29, 0.717) is 0 Å². The molecule has 0 amide bonds. The highest BCUT2D eigenvalue weighted by atomic mass is 35.5. The van der Waals surface area contributed by atoms with Crippen molar-refractivity contribution < 1.29 is 4.74 Å². The highest BCUT2D eigenvalue weighted by molar-refractivity contribution is 6.31. The first kappa shape index (κ1) is 10.8. The third-order valence-corrected chi connectivity index (χ3v) is 3.33. The second-order valence-corrected chi connectivity index (χ2v) is 4.42. The Morgan fingerprint density at radius 2 is 1.87 bits per heavy atom. The van der Waals surface area contributed by atoms with E-state index in [1.807, 2.05) is 12.1 Å². The molecule has 0 saturated heterocycles. The first-order valence-corrected chi connectivity index (χ1v) is 5.87. The molecule has 0 unspecified atom stereocenters. The lowest BCUT2D eigenvalue weighted by Crippen LogP contribution is -2.06. The van der Waals surface area contributed by atoms with Crippen LogP contribution in [0.15, 0.2) is 18.2 Å². The monoisotopic (exact) mass is 223 g/mol. The van der Waals surface area contributed by atoms with Crippen LogP contribution in [0, 0.1) is 5.92 Å². The quantitative estimate of drug-likeness (QED) is 0.729. The SMILES string of the molecule is COc1ccc([C]2CCCCC2)c(Cl)c1. The Kier molecular flexibility index (Phi) is 3.53. The van der Waals surface area contributed by atoms with E-state index in [-0.39, 0.29) is 0 Å².